The monoisotopic (exact) mass is 228 g/mol. The van der Waals surface area contributed by atoms with Gasteiger partial charge in [-0.1, -0.05) is 18.2 Å². The standard InChI is InChI=1S/C14H13NO2/c1-11-4-2-3-9-15(11)10-12-5-7-13(8-6-12)14(16)17/h2-9H,10H2,1H3/p+1. The van der Waals surface area contributed by atoms with Crippen LogP contribution < -0.4 is 4.57 Å². The number of rotatable bonds is 3. The lowest BCUT2D eigenvalue weighted by molar-refractivity contribution is -0.694. The summed E-state index contributed by atoms with van der Waals surface area (Å²) in [5.74, 6) is -0.889. The first-order valence-electron chi connectivity index (χ1n) is 5.44. The van der Waals surface area contributed by atoms with E-state index >= 15 is 0 Å². The molecule has 0 saturated carbocycles. The highest BCUT2D eigenvalue weighted by molar-refractivity contribution is 5.87. The Morgan fingerprint density at radius 2 is 1.88 bits per heavy atom. The Balaban J connectivity index is 2.20. The molecule has 1 heterocycles. The first kappa shape index (κ1) is 11.3. The van der Waals surface area contributed by atoms with Gasteiger partial charge in [-0.05, 0) is 12.1 Å². The van der Waals surface area contributed by atoms with Crippen molar-refractivity contribution in [1.82, 2.24) is 0 Å². The average molecular weight is 228 g/mol. The highest BCUT2D eigenvalue weighted by Gasteiger charge is 2.07. The van der Waals surface area contributed by atoms with E-state index in [1.807, 2.05) is 43.5 Å². The van der Waals surface area contributed by atoms with Crippen molar-refractivity contribution in [1.29, 1.82) is 0 Å². The minimum Gasteiger partial charge on any atom is -0.478 e. The van der Waals surface area contributed by atoms with Gasteiger partial charge in [-0.2, -0.15) is 4.57 Å². The van der Waals surface area contributed by atoms with Crippen molar-refractivity contribution >= 4 is 5.97 Å². The zero-order valence-corrected chi connectivity index (χ0v) is 9.63. The van der Waals surface area contributed by atoms with E-state index in [9.17, 15) is 4.79 Å². The normalized spacial score (nSPS) is 10.2. The maximum absolute atomic E-state index is 10.7. The van der Waals surface area contributed by atoms with Crippen LogP contribution in [0, 0.1) is 6.92 Å². The molecule has 0 bridgehead atoms. The third-order valence-electron chi connectivity index (χ3n) is 2.72. The zero-order chi connectivity index (χ0) is 12.3. The lowest BCUT2D eigenvalue weighted by Crippen LogP contribution is -2.36. The van der Waals surface area contributed by atoms with Crippen molar-refractivity contribution in [2.45, 2.75) is 13.5 Å². The van der Waals surface area contributed by atoms with Crippen LogP contribution in [-0.4, -0.2) is 11.1 Å². The van der Waals surface area contributed by atoms with Crippen LogP contribution in [0.1, 0.15) is 21.6 Å². The number of nitrogens with zero attached hydrogens (tertiary/aromatic N) is 1. The molecule has 0 spiro atoms. The number of pyridine rings is 1. The molecule has 0 aliphatic rings. The summed E-state index contributed by atoms with van der Waals surface area (Å²) in [6.07, 6.45) is 2.01. The zero-order valence-electron chi connectivity index (χ0n) is 9.63. The second-order valence-corrected chi connectivity index (χ2v) is 3.97. The van der Waals surface area contributed by atoms with Crippen molar-refractivity contribution in [3.63, 3.8) is 0 Å². The predicted molar refractivity (Wildman–Crippen MR) is 63.9 cm³/mol. The molecule has 2 rings (SSSR count). The molecule has 0 aliphatic heterocycles. The number of benzene rings is 1. The average Bonchev–Trinajstić information content (AvgIpc) is 2.33. The first-order valence-corrected chi connectivity index (χ1v) is 5.44. The maximum Gasteiger partial charge on any atom is 0.335 e. The molecule has 86 valence electrons. The van der Waals surface area contributed by atoms with Crippen LogP contribution >= 0.6 is 0 Å². The summed E-state index contributed by atoms with van der Waals surface area (Å²) in [5.41, 5.74) is 2.59. The Morgan fingerprint density at radius 1 is 1.18 bits per heavy atom. The van der Waals surface area contributed by atoms with E-state index < -0.39 is 5.97 Å². The van der Waals surface area contributed by atoms with Crippen molar-refractivity contribution < 1.29 is 14.5 Å². The summed E-state index contributed by atoms with van der Waals surface area (Å²) >= 11 is 0. The van der Waals surface area contributed by atoms with Gasteiger partial charge in [0.05, 0.1) is 5.56 Å². The van der Waals surface area contributed by atoms with Gasteiger partial charge >= 0.3 is 5.97 Å². The summed E-state index contributed by atoms with van der Waals surface area (Å²) in [6, 6.07) is 13.0. The summed E-state index contributed by atoms with van der Waals surface area (Å²) in [5, 5.41) is 8.80. The van der Waals surface area contributed by atoms with Gasteiger partial charge in [0.1, 0.15) is 0 Å². The summed E-state index contributed by atoms with van der Waals surface area (Å²) in [6.45, 7) is 2.80. The number of carbonyl (C=O) groups is 1. The number of carboxylic acid groups (broad SMARTS) is 1. The Bertz CT molecular complexity index is 532. The van der Waals surface area contributed by atoms with Crippen molar-refractivity contribution in [3.8, 4) is 0 Å². The van der Waals surface area contributed by atoms with E-state index in [1.54, 1.807) is 12.1 Å². The molecule has 3 heteroatoms. The maximum atomic E-state index is 10.7. The molecule has 2 aromatic rings. The number of hydrogen-bond acceptors (Lipinski definition) is 1. The Kier molecular flexibility index (Phi) is 3.19. The Morgan fingerprint density at radius 3 is 2.47 bits per heavy atom. The van der Waals surface area contributed by atoms with Gasteiger partial charge in [0.15, 0.2) is 18.4 Å². The molecule has 17 heavy (non-hydrogen) atoms. The number of carboxylic acids is 1. The van der Waals surface area contributed by atoms with Gasteiger partial charge in [-0.3, -0.25) is 0 Å². The minimum absolute atomic E-state index is 0.323. The van der Waals surface area contributed by atoms with Gasteiger partial charge in [-0.25, -0.2) is 4.79 Å². The number of hydrogen-bond donors (Lipinski definition) is 1. The van der Waals surface area contributed by atoms with E-state index in [4.69, 9.17) is 5.11 Å². The molecule has 0 fully saturated rings. The first-order chi connectivity index (χ1) is 8.16. The van der Waals surface area contributed by atoms with Crippen LogP contribution in [0.2, 0.25) is 0 Å². The topological polar surface area (TPSA) is 41.2 Å². The Labute approximate surface area is 100.0 Å². The van der Waals surface area contributed by atoms with E-state index in [1.165, 1.54) is 5.69 Å². The molecule has 1 aromatic carbocycles. The SMILES string of the molecule is Cc1cccc[n+]1Cc1ccc(C(=O)O)cc1. The second kappa shape index (κ2) is 4.78. The fourth-order valence-corrected chi connectivity index (χ4v) is 1.69. The lowest BCUT2D eigenvalue weighted by Gasteiger charge is -2.01. The molecule has 0 aliphatic carbocycles. The van der Waals surface area contributed by atoms with E-state index in [-0.39, 0.29) is 0 Å². The molecule has 0 atom stereocenters. The molecular formula is C14H14NO2+. The lowest BCUT2D eigenvalue weighted by atomic mass is 10.1. The minimum atomic E-state index is -0.889. The number of aromatic carboxylic acids is 1. The molecular weight excluding hydrogens is 214 g/mol. The van der Waals surface area contributed by atoms with Crippen LogP contribution in [-0.2, 0) is 6.54 Å². The van der Waals surface area contributed by atoms with Crippen LogP contribution in [0.3, 0.4) is 0 Å². The molecule has 1 N–H and O–H groups in total. The van der Waals surface area contributed by atoms with E-state index in [2.05, 4.69) is 4.57 Å². The fourth-order valence-electron chi connectivity index (χ4n) is 1.69. The molecule has 3 nitrogen and oxygen atoms in total. The van der Waals surface area contributed by atoms with E-state index in [0.29, 0.717) is 5.56 Å². The van der Waals surface area contributed by atoms with E-state index in [0.717, 1.165) is 12.1 Å². The smallest absolute Gasteiger partial charge is 0.335 e. The van der Waals surface area contributed by atoms with Gasteiger partial charge < -0.3 is 5.11 Å². The summed E-state index contributed by atoms with van der Waals surface area (Å²) in [4.78, 5) is 10.7. The van der Waals surface area contributed by atoms with Crippen LogP contribution in [0.4, 0.5) is 0 Å². The summed E-state index contributed by atoms with van der Waals surface area (Å²) in [7, 11) is 0. The highest BCUT2D eigenvalue weighted by atomic mass is 16.4. The van der Waals surface area contributed by atoms with Crippen LogP contribution in [0.25, 0.3) is 0 Å². The van der Waals surface area contributed by atoms with Gasteiger partial charge in [-0.15, -0.1) is 0 Å². The quantitative estimate of drug-likeness (QED) is 0.817. The van der Waals surface area contributed by atoms with Crippen molar-refractivity contribution in [3.05, 3.63) is 65.5 Å². The highest BCUT2D eigenvalue weighted by Crippen LogP contribution is 2.04. The second-order valence-electron chi connectivity index (χ2n) is 3.97. The third-order valence-corrected chi connectivity index (χ3v) is 2.72. The molecule has 0 unspecified atom stereocenters. The Hall–Kier alpha value is -2.16. The largest absolute Gasteiger partial charge is 0.478 e. The fraction of sp³-hybridized carbons (Fsp3) is 0.143. The van der Waals surface area contributed by atoms with Gasteiger partial charge in [0, 0.05) is 24.6 Å². The number of aromatic nitrogens is 1. The molecule has 1 aromatic heterocycles. The number of aryl methyl sites for hydroxylation is 1. The third kappa shape index (κ3) is 2.69. The van der Waals surface area contributed by atoms with Crippen LogP contribution in [0.15, 0.2) is 48.7 Å². The summed E-state index contributed by atoms with van der Waals surface area (Å²) < 4.78 is 2.12. The van der Waals surface area contributed by atoms with Crippen molar-refractivity contribution in [2.24, 2.45) is 0 Å². The predicted octanol–water partition coefficient (Wildman–Crippen LogP) is 2.03. The van der Waals surface area contributed by atoms with Crippen LogP contribution in [0.5, 0.6) is 0 Å². The molecule has 0 amide bonds. The molecule has 0 saturated heterocycles. The molecule has 0 radical (unpaired) electrons. The van der Waals surface area contributed by atoms with Gasteiger partial charge in [0.25, 0.3) is 0 Å². The van der Waals surface area contributed by atoms with Gasteiger partial charge in [0.2, 0.25) is 0 Å². The van der Waals surface area contributed by atoms with Crippen molar-refractivity contribution in [2.75, 3.05) is 0 Å².